The molecule has 2 aliphatic rings. The molecule has 1 fully saturated rings. The Labute approximate surface area is 244 Å². The van der Waals surface area contributed by atoms with Crippen molar-refractivity contribution < 1.29 is 32.3 Å². The number of carbonyl (C=O) groups is 3. The molecule has 1 aromatic carbocycles. The van der Waals surface area contributed by atoms with E-state index in [9.17, 15) is 27.6 Å². The minimum absolute atomic E-state index is 0.0325. The second kappa shape index (κ2) is 12.6. The molecule has 4 rings (SSSR count). The van der Waals surface area contributed by atoms with Crippen LogP contribution in [0.4, 0.5) is 23.7 Å². The molecule has 9 nitrogen and oxygen atoms in total. The molecule has 1 N–H and O–H groups in total. The molecule has 1 aliphatic carbocycles. The summed E-state index contributed by atoms with van der Waals surface area (Å²) in [7, 11) is 1.50. The number of anilines is 1. The minimum Gasteiger partial charge on any atom is -0.444 e. The van der Waals surface area contributed by atoms with Gasteiger partial charge in [0.1, 0.15) is 5.60 Å². The maximum Gasteiger partial charge on any atom is 0.418 e. The lowest BCUT2D eigenvalue weighted by Crippen LogP contribution is -2.43. The molecule has 0 bridgehead atoms. The summed E-state index contributed by atoms with van der Waals surface area (Å²) in [5.74, 6) is -0.123. The Bertz CT molecular complexity index is 1310. The second-order valence-corrected chi connectivity index (χ2v) is 11.8. The van der Waals surface area contributed by atoms with Gasteiger partial charge in [-0.05, 0) is 69.4 Å². The lowest BCUT2D eigenvalue weighted by atomic mass is 9.97. The monoisotopic (exact) mass is 589 g/mol. The van der Waals surface area contributed by atoms with Crippen LogP contribution >= 0.6 is 0 Å². The Kier molecular flexibility index (Phi) is 9.32. The van der Waals surface area contributed by atoms with Gasteiger partial charge in [-0.3, -0.25) is 14.6 Å². The zero-order valence-corrected chi connectivity index (χ0v) is 24.5. The summed E-state index contributed by atoms with van der Waals surface area (Å²) in [6.07, 6.45) is -1.46. The Morgan fingerprint density at radius 2 is 1.83 bits per heavy atom. The van der Waals surface area contributed by atoms with E-state index in [4.69, 9.17) is 4.74 Å². The number of halogens is 3. The summed E-state index contributed by atoms with van der Waals surface area (Å²) >= 11 is 0. The lowest BCUT2D eigenvalue weighted by molar-refractivity contribution is -0.140. The summed E-state index contributed by atoms with van der Waals surface area (Å²) in [5.41, 5.74) is 0.850. The van der Waals surface area contributed by atoms with E-state index < -0.39 is 29.3 Å². The quantitative estimate of drug-likeness (QED) is 0.456. The van der Waals surface area contributed by atoms with Gasteiger partial charge in [0.05, 0.1) is 24.3 Å². The third kappa shape index (κ3) is 8.13. The van der Waals surface area contributed by atoms with E-state index >= 15 is 0 Å². The average Bonchev–Trinajstić information content (AvgIpc) is 3.77. The Hall–Kier alpha value is -3.83. The van der Waals surface area contributed by atoms with Gasteiger partial charge >= 0.3 is 12.3 Å². The van der Waals surface area contributed by atoms with Gasteiger partial charge in [0, 0.05) is 51.0 Å². The van der Waals surface area contributed by atoms with Crippen molar-refractivity contribution in [1.29, 1.82) is 0 Å². The number of ether oxygens (including phenoxy) is 1. The summed E-state index contributed by atoms with van der Waals surface area (Å²) < 4.78 is 46.4. The summed E-state index contributed by atoms with van der Waals surface area (Å²) in [5, 5.41) is 3.16. The van der Waals surface area contributed by atoms with E-state index in [1.807, 2.05) is 23.1 Å². The third-order valence-electron chi connectivity index (χ3n) is 7.23. The summed E-state index contributed by atoms with van der Waals surface area (Å²) in [6.45, 7) is 5.74. The molecule has 0 spiro atoms. The third-order valence-corrected chi connectivity index (χ3v) is 7.23. The number of aromatic nitrogens is 1. The normalized spacial score (nSPS) is 15.1. The van der Waals surface area contributed by atoms with Crippen molar-refractivity contribution in [2.45, 2.75) is 64.9 Å². The number of nitrogens with one attached hydrogen (secondary N) is 1. The van der Waals surface area contributed by atoms with Gasteiger partial charge in [-0.1, -0.05) is 12.1 Å². The topological polar surface area (TPSA) is 95.1 Å². The first-order valence-electron chi connectivity index (χ1n) is 14.1. The highest BCUT2D eigenvalue weighted by Crippen LogP contribution is 2.34. The fourth-order valence-corrected chi connectivity index (χ4v) is 4.83. The molecule has 1 aromatic heterocycles. The molecule has 0 radical (unpaired) electrons. The SMILES string of the molecule is CN(CCN(Cc1ncccc1C(F)(F)F)C(=O)CNc1cccc2c1CCN(C(=O)C1CC1)C2)C(=O)OC(C)(C)C. The van der Waals surface area contributed by atoms with Crippen molar-refractivity contribution in [2.24, 2.45) is 5.92 Å². The first kappa shape index (κ1) is 31.1. The van der Waals surface area contributed by atoms with Crippen LogP contribution in [-0.2, 0) is 40.0 Å². The fraction of sp³-hybridized carbons (Fsp3) is 0.533. The van der Waals surface area contributed by atoms with Gasteiger partial charge in [-0.15, -0.1) is 0 Å². The summed E-state index contributed by atoms with van der Waals surface area (Å²) in [6, 6.07) is 7.81. The number of likely N-dealkylation sites (N-methyl/N-ethyl adjacent to an activating group) is 1. The zero-order chi connectivity index (χ0) is 30.7. The molecule has 2 heterocycles. The maximum atomic E-state index is 13.7. The molecule has 0 saturated heterocycles. The number of hydrogen-bond acceptors (Lipinski definition) is 6. The highest BCUT2D eigenvalue weighted by molar-refractivity contribution is 5.82. The van der Waals surface area contributed by atoms with Crippen LogP contribution in [0, 0.1) is 5.92 Å². The van der Waals surface area contributed by atoms with Gasteiger partial charge < -0.3 is 24.8 Å². The second-order valence-electron chi connectivity index (χ2n) is 11.8. The van der Waals surface area contributed by atoms with Gasteiger partial charge in [-0.2, -0.15) is 13.2 Å². The minimum atomic E-state index is -4.64. The lowest BCUT2D eigenvalue weighted by Gasteiger charge is -2.31. The van der Waals surface area contributed by atoms with Crippen molar-refractivity contribution >= 4 is 23.6 Å². The Morgan fingerprint density at radius 1 is 1.10 bits per heavy atom. The highest BCUT2D eigenvalue weighted by atomic mass is 19.4. The maximum absolute atomic E-state index is 13.7. The van der Waals surface area contributed by atoms with Gasteiger partial charge in [0.2, 0.25) is 11.8 Å². The zero-order valence-electron chi connectivity index (χ0n) is 24.5. The first-order valence-corrected chi connectivity index (χ1v) is 14.1. The number of amides is 3. The largest absolute Gasteiger partial charge is 0.444 e. The number of benzene rings is 1. The van der Waals surface area contributed by atoms with Crippen LogP contribution in [0.25, 0.3) is 0 Å². The number of carbonyl (C=O) groups excluding carboxylic acids is 3. The molecular weight excluding hydrogens is 551 g/mol. The smallest absolute Gasteiger partial charge is 0.418 e. The number of hydrogen-bond donors (Lipinski definition) is 1. The van der Waals surface area contributed by atoms with Gasteiger partial charge in [-0.25, -0.2) is 4.79 Å². The Balaban J connectivity index is 1.47. The van der Waals surface area contributed by atoms with Crippen LogP contribution in [0.5, 0.6) is 0 Å². The van der Waals surface area contributed by atoms with Crippen molar-refractivity contribution in [3.63, 3.8) is 0 Å². The molecular formula is C30H38F3N5O4. The van der Waals surface area contributed by atoms with Crippen molar-refractivity contribution in [1.82, 2.24) is 19.7 Å². The molecule has 42 heavy (non-hydrogen) atoms. The molecule has 0 atom stereocenters. The van der Waals surface area contributed by atoms with E-state index in [-0.39, 0.29) is 43.7 Å². The predicted molar refractivity (Wildman–Crippen MR) is 150 cm³/mol. The van der Waals surface area contributed by atoms with Crippen LogP contribution in [-0.4, -0.2) is 76.4 Å². The van der Waals surface area contributed by atoms with E-state index in [1.54, 1.807) is 20.8 Å². The van der Waals surface area contributed by atoms with Crippen LogP contribution in [0.2, 0.25) is 0 Å². The molecule has 1 saturated carbocycles. The molecule has 3 amide bonds. The molecule has 12 heteroatoms. The van der Waals surface area contributed by atoms with Gasteiger partial charge in [0.15, 0.2) is 0 Å². The predicted octanol–water partition coefficient (Wildman–Crippen LogP) is 4.70. The van der Waals surface area contributed by atoms with E-state index in [0.717, 1.165) is 35.7 Å². The summed E-state index contributed by atoms with van der Waals surface area (Å²) in [4.78, 5) is 46.8. The van der Waals surface area contributed by atoms with Crippen LogP contribution in [0.3, 0.4) is 0 Å². The average molecular weight is 590 g/mol. The Morgan fingerprint density at radius 3 is 2.50 bits per heavy atom. The number of fused-ring (bicyclic) bond motifs is 1. The first-order chi connectivity index (χ1) is 19.7. The standard InChI is InChI=1S/C30H38F3N5O4/c1-29(2,3)42-28(41)36(4)15-16-37(19-25-23(30(31,32)33)8-6-13-34-25)26(39)17-35-24-9-5-7-21-18-38(14-12-22(21)24)27(40)20-10-11-20/h5-9,13,20,35H,10-12,14-19H2,1-4H3. The number of alkyl halides is 3. The molecule has 2 aromatic rings. The van der Waals surface area contributed by atoms with Crippen molar-refractivity contribution in [2.75, 3.05) is 38.5 Å². The molecule has 228 valence electrons. The van der Waals surface area contributed by atoms with E-state index in [1.165, 1.54) is 29.1 Å². The van der Waals surface area contributed by atoms with Crippen molar-refractivity contribution in [3.8, 4) is 0 Å². The van der Waals surface area contributed by atoms with Crippen LogP contribution < -0.4 is 5.32 Å². The van der Waals surface area contributed by atoms with Crippen LogP contribution in [0.1, 0.15) is 56.0 Å². The van der Waals surface area contributed by atoms with E-state index in [0.29, 0.717) is 19.5 Å². The van der Waals surface area contributed by atoms with E-state index in [2.05, 4.69) is 10.3 Å². The highest BCUT2D eigenvalue weighted by Gasteiger charge is 2.36. The van der Waals surface area contributed by atoms with Crippen LogP contribution in [0.15, 0.2) is 36.5 Å². The van der Waals surface area contributed by atoms with Gasteiger partial charge in [0.25, 0.3) is 0 Å². The number of rotatable bonds is 9. The molecule has 1 aliphatic heterocycles. The molecule has 0 unspecified atom stereocenters. The number of pyridine rings is 1. The fourth-order valence-electron chi connectivity index (χ4n) is 4.83. The number of nitrogens with zero attached hydrogens (tertiary/aromatic N) is 4. The van der Waals surface area contributed by atoms with Crippen molar-refractivity contribution in [3.05, 3.63) is 58.9 Å².